The maximum absolute atomic E-state index is 11.8. The molecule has 3 heterocycles. The summed E-state index contributed by atoms with van der Waals surface area (Å²) < 4.78 is 0. The molecule has 1 aliphatic heterocycles. The van der Waals surface area contributed by atoms with Crippen molar-refractivity contribution in [1.29, 1.82) is 0 Å². The van der Waals surface area contributed by atoms with Crippen LogP contribution in [0.25, 0.3) is 11.0 Å². The first-order valence-electron chi connectivity index (χ1n) is 7.38. The fourth-order valence-corrected chi connectivity index (χ4v) is 2.89. The van der Waals surface area contributed by atoms with Gasteiger partial charge in [-0.1, -0.05) is 0 Å². The smallest absolute Gasteiger partial charge is 0.222 e. The van der Waals surface area contributed by atoms with Crippen molar-refractivity contribution in [3.8, 4) is 0 Å². The summed E-state index contributed by atoms with van der Waals surface area (Å²) in [5.41, 5.74) is 0.880. The maximum Gasteiger partial charge on any atom is 0.222 e. The molecule has 0 saturated carbocycles. The van der Waals surface area contributed by atoms with Gasteiger partial charge in [0.05, 0.1) is 5.39 Å². The zero-order valence-corrected chi connectivity index (χ0v) is 12.5. The first-order valence-corrected chi connectivity index (χ1v) is 7.38. The number of carbonyl (C=O) groups excluding carboxylic acids is 1. The minimum Gasteiger partial charge on any atom is -0.356 e. The Morgan fingerprint density at radius 2 is 2.14 bits per heavy atom. The van der Waals surface area contributed by atoms with Crippen LogP contribution in [0.5, 0.6) is 0 Å². The van der Waals surface area contributed by atoms with Crippen molar-refractivity contribution in [1.82, 2.24) is 19.9 Å². The standard InChI is InChI=1S/C15H21N5O/c1-19(2)13(21)9-11-4-7-20(8-5-11)15-12-3-6-16-14(12)17-10-18-15/h3,6,10-11H,4-5,7-9H2,1-2H3,(H,16,17,18). The second-order valence-electron chi connectivity index (χ2n) is 5.86. The molecule has 6 heteroatoms. The van der Waals surface area contributed by atoms with Gasteiger partial charge in [-0.3, -0.25) is 4.79 Å². The molecule has 0 atom stereocenters. The molecule has 0 aliphatic carbocycles. The van der Waals surface area contributed by atoms with E-state index in [0.717, 1.165) is 42.8 Å². The molecule has 6 nitrogen and oxygen atoms in total. The van der Waals surface area contributed by atoms with Crippen LogP contribution in [0.2, 0.25) is 0 Å². The number of rotatable bonds is 3. The number of hydrogen-bond donors (Lipinski definition) is 1. The van der Waals surface area contributed by atoms with Crippen LogP contribution in [0.1, 0.15) is 19.3 Å². The van der Waals surface area contributed by atoms with Gasteiger partial charge in [0.1, 0.15) is 17.8 Å². The lowest BCUT2D eigenvalue weighted by Crippen LogP contribution is -2.36. The van der Waals surface area contributed by atoms with Crippen LogP contribution in [0.4, 0.5) is 5.82 Å². The van der Waals surface area contributed by atoms with Gasteiger partial charge in [0, 0.05) is 39.8 Å². The number of fused-ring (bicyclic) bond motifs is 1. The molecule has 3 rings (SSSR count). The van der Waals surface area contributed by atoms with Gasteiger partial charge in [-0.15, -0.1) is 0 Å². The summed E-state index contributed by atoms with van der Waals surface area (Å²) in [5, 5.41) is 1.07. The third-order valence-electron chi connectivity index (χ3n) is 4.21. The van der Waals surface area contributed by atoms with Crippen molar-refractivity contribution < 1.29 is 4.79 Å². The second-order valence-corrected chi connectivity index (χ2v) is 5.86. The van der Waals surface area contributed by atoms with E-state index in [0.29, 0.717) is 12.3 Å². The van der Waals surface area contributed by atoms with E-state index >= 15 is 0 Å². The fraction of sp³-hybridized carbons (Fsp3) is 0.533. The van der Waals surface area contributed by atoms with Gasteiger partial charge in [0.15, 0.2) is 0 Å². The summed E-state index contributed by atoms with van der Waals surface area (Å²) in [7, 11) is 3.64. The highest BCUT2D eigenvalue weighted by Crippen LogP contribution is 2.28. The molecular weight excluding hydrogens is 266 g/mol. The van der Waals surface area contributed by atoms with E-state index in [2.05, 4.69) is 19.9 Å². The summed E-state index contributed by atoms with van der Waals surface area (Å²) >= 11 is 0. The Morgan fingerprint density at radius 3 is 2.86 bits per heavy atom. The number of hydrogen-bond acceptors (Lipinski definition) is 4. The van der Waals surface area contributed by atoms with Crippen LogP contribution in [-0.4, -0.2) is 52.9 Å². The highest BCUT2D eigenvalue weighted by atomic mass is 16.2. The van der Waals surface area contributed by atoms with E-state index in [4.69, 9.17) is 0 Å². The number of nitrogens with zero attached hydrogens (tertiary/aromatic N) is 4. The lowest BCUT2D eigenvalue weighted by atomic mass is 9.93. The number of piperidine rings is 1. The molecule has 1 amide bonds. The van der Waals surface area contributed by atoms with Crippen molar-refractivity contribution in [2.45, 2.75) is 19.3 Å². The molecule has 0 aromatic carbocycles. The largest absolute Gasteiger partial charge is 0.356 e. The average Bonchev–Trinajstić information content (AvgIpc) is 2.96. The summed E-state index contributed by atoms with van der Waals surface area (Å²) in [6, 6.07) is 2.02. The van der Waals surface area contributed by atoms with Gasteiger partial charge in [0.2, 0.25) is 5.91 Å². The molecule has 21 heavy (non-hydrogen) atoms. The Hall–Kier alpha value is -2.11. The highest BCUT2D eigenvalue weighted by Gasteiger charge is 2.24. The SMILES string of the molecule is CN(C)C(=O)CC1CCN(c2ncnc3[nH]ccc23)CC1. The topological polar surface area (TPSA) is 65.1 Å². The molecule has 1 N–H and O–H groups in total. The Balaban J connectivity index is 1.66. The van der Waals surface area contributed by atoms with Crippen LogP contribution in [0.3, 0.4) is 0 Å². The number of H-pyrrole nitrogens is 1. The van der Waals surface area contributed by atoms with Gasteiger partial charge >= 0.3 is 0 Å². The molecule has 0 bridgehead atoms. The van der Waals surface area contributed by atoms with Gasteiger partial charge in [-0.2, -0.15) is 0 Å². The van der Waals surface area contributed by atoms with Gasteiger partial charge < -0.3 is 14.8 Å². The first kappa shape index (κ1) is 13.9. The Kier molecular flexibility index (Phi) is 3.77. The van der Waals surface area contributed by atoms with E-state index in [1.165, 1.54) is 0 Å². The van der Waals surface area contributed by atoms with E-state index < -0.39 is 0 Å². The Morgan fingerprint density at radius 1 is 1.38 bits per heavy atom. The van der Waals surface area contributed by atoms with Crippen molar-refractivity contribution in [3.05, 3.63) is 18.6 Å². The quantitative estimate of drug-likeness (QED) is 0.932. The van der Waals surface area contributed by atoms with Crippen LogP contribution in [-0.2, 0) is 4.79 Å². The normalized spacial score (nSPS) is 16.4. The molecule has 1 saturated heterocycles. The number of aromatic nitrogens is 3. The van der Waals surface area contributed by atoms with E-state index in [-0.39, 0.29) is 5.91 Å². The molecule has 0 unspecified atom stereocenters. The van der Waals surface area contributed by atoms with Gasteiger partial charge in [0.25, 0.3) is 0 Å². The van der Waals surface area contributed by atoms with Crippen LogP contribution in [0, 0.1) is 5.92 Å². The molecule has 2 aromatic rings. The van der Waals surface area contributed by atoms with Crippen molar-refractivity contribution in [2.24, 2.45) is 5.92 Å². The van der Waals surface area contributed by atoms with Crippen molar-refractivity contribution in [2.75, 3.05) is 32.1 Å². The zero-order valence-electron chi connectivity index (χ0n) is 12.5. The minimum absolute atomic E-state index is 0.225. The van der Waals surface area contributed by atoms with E-state index in [1.54, 1.807) is 11.2 Å². The zero-order chi connectivity index (χ0) is 14.8. The van der Waals surface area contributed by atoms with Crippen molar-refractivity contribution in [3.63, 3.8) is 0 Å². The molecule has 1 fully saturated rings. The number of amides is 1. The Labute approximate surface area is 124 Å². The predicted octanol–water partition coefficient (Wildman–Crippen LogP) is 1.65. The monoisotopic (exact) mass is 287 g/mol. The van der Waals surface area contributed by atoms with Crippen LogP contribution < -0.4 is 4.90 Å². The predicted molar refractivity (Wildman–Crippen MR) is 82.1 cm³/mol. The Bertz CT molecular complexity index is 628. The van der Waals surface area contributed by atoms with Crippen LogP contribution >= 0.6 is 0 Å². The molecular formula is C15H21N5O. The number of nitrogens with one attached hydrogen (secondary N) is 1. The number of aromatic amines is 1. The van der Waals surface area contributed by atoms with Crippen molar-refractivity contribution >= 4 is 22.8 Å². The molecule has 2 aromatic heterocycles. The third-order valence-corrected chi connectivity index (χ3v) is 4.21. The average molecular weight is 287 g/mol. The highest BCUT2D eigenvalue weighted by molar-refractivity contribution is 5.87. The molecule has 0 radical (unpaired) electrons. The lowest BCUT2D eigenvalue weighted by Gasteiger charge is -2.33. The summed E-state index contributed by atoms with van der Waals surface area (Å²) in [6.07, 6.45) is 6.23. The number of carbonyl (C=O) groups is 1. The second kappa shape index (κ2) is 5.71. The number of anilines is 1. The van der Waals surface area contributed by atoms with Gasteiger partial charge in [-0.05, 0) is 24.8 Å². The molecule has 1 aliphatic rings. The minimum atomic E-state index is 0.225. The summed E-state index contributed by atoms with van der Waals surface area (Å²) in [6.45, 7) is 1.89. The molecule has 112 valence electrons. The molecule has 0 spiro atoms. The summed E-state index contributed by atoms with van der Waals surface area (Å²) in [4.78, 5) is 27.6. The fourth-order valence-electron chi connectivity index (χ4n) is 2.89. The van der Waals surface area contributed by atoms with E-state index in [1.807, 2.05) is 26.4 Å². The van der Waals surface area contributed by atoms with E-state index in [9.17, 15) is 4.79 Å². The third kappa shape index (κ3) is 2.84. The van der Waals surface area contributed by atoms with Gasteiger partial charge in [-0.25, -0.2) is 9.97 Å². The lowest BCUT2D eigenvalue weighted by molar-refractivity contribution is -0.129. The first-order chi connectivity index (χ1) is 10.1. The summed E-state index contributed by atoms with van der Waals surface area (Å²) in [5.74, 6) is 1.71. The maximum atomic E-state index is 11.8. The van der Waals surface area contributed by atoms with Crippen LogP contribution in [0.15, 0.2) is 18.6 Å².